The number of carbonyl (C=O) groups is 1. The zero-order valence-corrected chi connectivity index (χ0v) is 22.0. The molecular weight excluding hydrogens is 525 g/mol. The van der Waals surface area contributed by atoms with Crippen LogP contribution in [0.4, 0.5) is 19.0 Å². The molecule has 38 heavy (non-hydrogen) atoms. The highest BCUT2D eigenvalue weighted by atomic mass is 32.2. The van der Waals surface area contributed by atoms with E-state index in [1.165, 1.54) is 12.0 Å². The van der Waals surface area contributed by atoms with Crippen molar-refractivity contribution >= 4 is 35.8 Å². The lowest BCUT2D eigenvalue weighted by atomic mass is 10.0. The highest BCUT2D eigenvalue weighted by Crippen LogP contribution is 2.35. The lowest BCUT2D eigenvalue weighted by Gasteiger charge is -2.25. The molecule has 14 heteroatoms. The summed E-state index contributed by atoms with van der Waals surface area (Å²) in [5.41, 5.74) is 2.14. The molecule has 0 aliphatic carbocycles. The summed E-state index contributed by atoms with van der Waals surface area (Å²) in [4.78, 5) is 18.6. The predicted octanol–water partition coefficient (Wildman–Crippen LogP) is 3.48. The van der Waals surface area contributed by atoms with Crippen molar-refractivity contribution < 1.29 is 32.9 Å². The number of fused-ring (bicyclic) bond motifs is 1. The van der Waals surface area contributed by atoms with Gasteiger partial charge in [0, 0.05) is 26.0 Å². The molecule has 2 heterocycles. The standard InChI is InChI=1S/C23H27F3N6O3S.CH4O/c1-14(12-33)32(13-27)21(28)18-4-3-5-20(29-18)30-22(34)17-8-15-10-31(36-7-6-23(24,25)26)11-16(15)9-19(17)35-2;1-2/h3-5,8-9,13-14,27-28,33H,6-7,10-12H2,1-2H3,(H,29,30,34);2H,1H3. The number of nitrogens with zero attached hydrogens (tertiary/aromatic N) is 3. The number of amides is 1. The van der Waals surface area contributed by atoms with Gasteiger partial charge in [-0.3, -0.25) is 15.6 Å². The van der Waals surface area contributed by atoms with E-state index in [1.54, 1.807) is 37.3 Å². The van der Waals surface area contributed by atoms with E-state index >= 15 is 0 Å². The molecule has 0 fully saturated rings. The SMILES string of the molecule is CO.COc1cc2c(cc1C(=O)Nc1cccc(C(=N)N(C=N)C(C)CO)n1)CN(SCCC(F)(F)F)C2. The van der Waals surface area contributed by atoms with Gasteiger partial charge in [0.2, 0.25) is 0 Å². The molecule has 0 radical (unpaired) electrons. The average molecular weight is 557 g/mol. The zero-order valence-electron chi connectivity index (χ0n) is 21.2. The third kappa shape index (κ3) is 8.15. The molecule has 5 N–H and O–H groups in total. The number of carbonyl (C=O) groups excluding carboxylic acids is 1. The van der Waals surface area contributed by atoms with Crippen molar-refractivity contribution in [1.82, 2.24) is 14.2 Å². The van der Waals surface area contributed by atoms with Crippen molar-refractivity contribution in [2.45, 2.75) is 38.7 Å². The first-order chi connectivity index (χ1) is 18.1. The van der Waals surface area contributed by atoms with E-state index in [1.807, 2.05) is 4.31 Å². The lowest BCUT2D eigenvalue weighted by Crippen LogP contribution is -2.39. The normalized spacial score (nSPS) is 13.6. The number of methoxy groups -OCH3 is 1. The van der Waals surface area contributed by atoms with Crippen LogP contribution >= 0.6 is 11.9 Å². The van der Waals surface area contributed by atoms with Crippen LogP contribution in [-0.2, 0) is 13.1 Å². The van der Waals surface area contributed by atoms with E-state index in [-0.39, 0.29) is 35.3 Å². The third-order valence-electron chi connectivity index (χ3n) is 5.49. The van der Waals surface area contributed by atoms with Crippen LogP contribution in [0.3, 0.4) is 0 Å². The molecule has 10 nitrogen and oxygen atoms in total. The van der Waals surface area contributed by atoms with Crippen LogP contribution in [0.1, 0.15) is 40.5 Å². The molecule has 0 saturated carbocycles. The van der Waals surface area contributed by atoms with Crippen LogP contribution in [-0.4, -0.2) is 81.3 Å². The summed E-state index contributed by atoms with van der Waals surface area (Å²) in [6, 6.07) is 7.59. The van der Waals surface area contributed by atoms with Gasteiger partial charge in [-0.25, -0.2) is 9.29 Å². The Labute approximate surface area is 223 Å². The molecule has 1 aliphatic heterocycles. The van der Waals surface area contributed by atoms with Crippen molar-refractivity contribution in [3.8, 4) is 5.75 Å². The quantitative estimate of drug-likeness (QED) is 0.170. The summed E-state index contributed by atoms with van der Waals surface area (Å²) in [5.74, 6) is -0.187. The molecule has 1 aromatic heterocycles. The Hall–Kier alpha value is -3.20. The van der Waals surface area contributed by atoms with E-state index in [0.717, 1.165) is 36.5 Å². The molecule has 0 bridgehead atoms. The van der Waals surface area contributed by atoms with Gasteiger partial charge < -0.3 is 25.2 Å². The van der Waals surface area contributed by atoms with Gasteiger partial charge in [-0.1, -0.05) is 18.0 Å². The molecule has 1 amide bonds. The van der Waals surface area contributed by atoms with Gasteiger partial charge in [0.05, 0.1) is 38.1 Å². The van der Waals surface area contributed by atoms with E-state index in [2.05, 4.69) is 10.3 Å². The van der Waals surface area contributed by atoms with Crippen LogP contribution in [0.2, 0.25) is 0 Å². The van der Waals surface area contributed by atoms with E-state index in [4.69, 9.17) is 20.7 Å². The number of anilines is 1. The third-order valence-corrected chi connectivity index (χ3v) is 6.50. The minimum atomic E-state index is -4.20. The first kappa shape index (κ1) is 31.0. The molecule has 1 atom stereocenters. The Bertz CT molecular complexity index is 1130. The Morgan fingerprint density at radius 1 is 1.32 bits per heavy atom. The van der Waals surface area contributed by atoms with Gasteiger partial charge in [-0.2, -0.15) is 13.2 Å². The van der Waals surface area contributed by atoms with Gasteiger partial charge in [-0.15, -0.1) is 0 Å². The maximum atomic E-state index is 13.1. The fourth-order valence-corrected chi connectivity index (χ4v) is 4.62. The molecule has 1 unspecified atom stereocenters. The van der Waals surface area contributed by atoms with Crippen molar-refractivity contribution in [2.24, 2.45) is 0 Å². The highest BCUT2D eigenvalue weighted by molar-refractivity contribution is 7.96. The number of aliphatic hydroxyl groups excluding tert-OH is 2. The average Bonchev–Trinajstić information content (AvgIpc) is 3.30. The van der Waals surface area contributed by atoms with E-state index < -0.39 is 24.5 Å². The molecule has 1 aliphatic rings. The van der Waals surface area contributed by atoms with Gasteiger partial charge in [-0.05, 0) is 42.3 Å². The first-order valence-corrected chi connectivity index (χ1v) is 12.4. The Morgan fingerprint density at radius 2 is 1.97 bits per heavy atom. The largest absolute Gasteiger partial charge is 0.496 e. The maximum Gasteiger partial charge on any atom is 0.389 e. The van der Waals surface area contributed by atoms with Crippen LogP contribution in [0.15, 0.2) is 30.3 Å². The van der Waals surface area contributed by atoms with Gasteiger partial charge in [0.25, 0.3) is 5.91 Å². The topological polar surface area (TPSA) is 146 Å². The summed E-state index contributed by atoms with van der Waals surface area (Å²) >= 11 is 1.12. The number of amidine groups is 1. The summed E-state index contributed by atoms with van der Waals surface area (Å²) in [6.45, 7) is 2.24. The minimum Gasteiger partial charge on any atom is -0.496 e. The monoisotopic (exact) mass is 556 g/mol. The number of hydrogen-bond acceptors (Lipinski definition) is 9. The molecule has 1 aromatic carbocycles. The summed E-state index contributed by atoms with van der Waals surface area (Å²) in [7, 11) is 2.43. The number of aliphatic hydroxyl groups is 2. The number of halogens is 3. The second kappa shape index (κ2) is 14.1. The minimum absolute atomic E-state index is 0.0779. The summed E-state index contributed by atoms with van der Waals surface area (Å²) in [6.07, 6.45) is -4.15. The second-order valence-electron chi connectivity index (χ2n) is 8.10. The lowest BCUT2D eigenvalue weighted by molar-refractivity contribution is -0.129. The van der Waals surface area contributed by atoms with Crippen molar-refractivity contribution in [3.05, 3.63) is 52.7 Å². The summed E-state index contributed by atoms with van der Waals surface area (Å²) < 4.78 is 44.6. The van der Waals surface area contributed by atoms with Gasteiger partial charge >= 0.3 is 6.18 Å². The predicted molar refractivity (Wildman–Crippen MR) is 140 cm³/mol. The highest BCUT2D eigenvalue weighted by Gasteiger charge is 2.29. The van der Waals surface area contributed by atoms with Gasteiger partial charge in [0.15, 0.2) is 5.84 Å². The number of nitrogens with one attached hydrogen (secondary N) is 3. The summed E-state index contributed by atoms with van der Waals surface area (Å²) in [5, 5.41) is 34.9. The van der Waals surface area contributed by atoms with E-state index in [9.17, 15) is 23.1 Å². The number of rotatable bonds is 10. The molecule has 0 saturated heterocycles. The molecule has 3 rings (SSSR count). The second-order valence-corrected chi connectivity index (χ2v) is 9.28. The Balaban J connectivity index is 0.00000247. The number of ether oxygens (including phenoxy) is 1. The van der Waals surface area contributed by atoms with E-state index in [0.29, 0.717) is 18.8 Å². The zero-order chi connectivity index (χ0) is 28.5. The number of alkyl halides is 3. The molecular formula is C24H31F3N6O4S. The first-order valence-electron chi connectivity index (χ1n) is 11.4. The van der Waals surface area contributed by atoms with Crippen LogP contribution in [0.5, 0.6) is 5.75 Å². The number of hydrogen-bond donors (Lipinski definition) is 5. The fraction of sp³-hybridized carbons (Fsp3) is 0.417. The number of aromatic nitrogens is 1. The van der Waals surface area contributed by atoms with Crippen LogP contribution in [0, 0.1) is 10.8 Å². The maximum absolute atomic E-state index is 13.1. The van der Waals surface area contributed by atoms with Crippen molar-refractivity contribution in [1.29, 1.82) is 10.8 Å². The fourth-order valence-electron chi connectivity index (χ4n) is 3.58. The smallest absolute Gasteiger partial charge is 0.389 e. The molecule has 2 aromatic rings. The molecule has 0 spiro atoms. The van der Waals surface area contributed by atoms with Crippen molar-refractivity contribution in [2.75, 3.05) is 31.9 Å². The van der Waals surface area contributed by atoms with Crippen molar-refractivity contribution in [3.63, 3.8) is 0 Å². The Kier molecular flexibility index (Phi) is 11.5. The number of pyridine rings is 1. The Morgan fingerprint density at radius 3 is 2.55 bits per heavy atom. The number of benzene rings is 1. The van der Waals surface area contributed by atoms with Gasteiger partial charge in [0.1, 0.15) is 17.3 Å². The van der Waals surface area contributed by atoms with Crippen LogP contribution in [0.25, 0.3) is 0 Å². The van der Waals surface area contributed by atoms with Crippen LogP contribution < -0.4 is 10.1 Å². The molecule has 208 valence electrons.